The molecule has 27 heavy (non-hydrogen) atoms. The Bertz CT molecular complexity index is 693. The van der Waals surface area contributed by atoms with Crippen molar-refractivity contribution in [3.8, 4) is 5.75 Å². The highest BCUT2D eigenvalue weighted by Crippen LogP contribution is 2.17. The van der Waals surface area contributed by atoms with Crippen LogP contribution in [0.25, 0.3) is 0 Å². The highest BCUT2D eigenvalue weighted by Gasteiger charge is 2.29. The molecule has 0 saturated carbocycles. The summed E-state index contributed by atoms with van der Waals surface area (Å²) in [7, 11) is 1.70. The Kier molecular flexibility index (Phi) is 7.32. The van der Waals surface area contributed by atoms with E-state index in [2.05, 4.69) is 0 Å². The normalized spacial score (nSPS) is 18.2. The molecular formula is C19H26N2O6. The van der Waals surface area contributed by atoms with Crippen LogP contribution in [-0.2, 0) is 14.3 Å². The quantitative estimate of drug-likeness (QED) is 0.672. The second-order valence-electron chi connectivity index (χ2n) is 6.71. The van der Waals surface area contributed by atoms with E-state index in [1.807, 2.05) is 0 Å². The van der Waals surface area contributed by atoms with E-state index in [0.29, 0.717) is 37.6 Å². The summed E-state index contributed by atoms with van der Waals surface area (Å²) < 4.78 is 11.4. The number of likely N-dealkylation sites (N-methyl/N-ethyl adjacent to an activating group) is 1. The lowest BCUT2D eigenvalue weighted by atomic mass is 10.1. The summed E-state index contributed by atoms with van der Waals surface area (Å²) in [5.74, 6) is -0.677. The van der Waals surface area contributed by atoms with Crippen LogP contribution in [0.15, 0.2) is 24.3 Å². The zero-order valence-electron chi connectivity index (χ0n) is 15.9. The average Bonchev–Trinajstić information content (AvgIpc) is 2.60. The van der Waals surface area contributed by atoms with E-state index in [9.17, 15) is 14.4 Å². The minimum absolute atomic E-state index is 0.0686. The SMILES string of the molecule is CC(=O)c1cccc(OC(C)C(=O)N2CCOC(CN(C)CC(=O)O)C2)c1. The molecule has 0 spiro atoms. The summed E-state index contributed by atoms with van der Waals surface area (Å²) in [5.41, 5.74) is 0.528. The van der Waals surface area contributed by atoms with Crippen molar-refractivity contribution in [2.24, 2.45) is 0 Å². The molecule has 0 aromatic heterocycles. The maximum atomic E-state index is 12.7. The molecule has 0 radical (unpaired) electrons. The standard InChI is InChI=1S/C19H26N2O6/c1-13(22)15-5-4-6-16(9-15)27-14(2)19(25)21-7-8-26-17(11-21)10-20(3)12-18(23)24/h4-6,9,14,17H,7-8,10-12H2,1-3H3,(H,23,24). The molecule has 1 N–H and O–H groups in total. The van der Waals surface area contributed by atoms with Gasteiger partial charge in [0.15, 0.2) is 11.9 Å². The van der Waals surface area contributed by atoms with Gasteiger partial charge < -0.3 is 19.5 Å². The first-order valence-electron chi connectivity index (χ1n) is 8.84. The minimum Gasteiger partial charge on any atom is -0.481 e. The van der Waals surface area contributed by atoms with Gasteiger partial charge >= 0.3 is 5.97 Å². The average molecular weight is 378 g/mol. The zero-order chi connectivity index (χ0) is 20.0. The first-order valence-corrected chi connectivity index (χ1v) is 8.84. The van der Waals surface area contributed by atoms with Crippen LogP contribution in [0, 0.1) is 0 Å². The maximum Gasteiger partial charge on any atom is 0.317 e. The number of nitrogens with zero attached hydrogens (tertiary/aromatic N) is 2. The molecule has 2 rings (SSSR count). The summed E-state index contributed by atoms with van der Waals surface area (Å²) in [6.07, 6.45) is -0.956. The smallest absolute Gasteiger partial charge is 0.317 e. The Labute approximate surface area is 158 Å². The lowest BCUT2D eigenvalue weighted by Crippen LogP contribution is -2.52. The van der Waals surface area contributed by atoms with Crippen molar-refractivity contribution in [3.63, 3.8) is 0 Å². The third-order valence-electron chi connectivity index (χ3n) is 4.27. The predicted octanol–water partition coefficient (Wildman–Crippen LogP) is 0.900. The number of amides is 1. The van der Waals surface area contributed by atoms with E-state index >= 15 is 0 Å². The molecule has 2 atom stereocenters. The summed E-state index contributed by atoms with van der Waals surface area (Å²) in [4.78, 5) is 38.3. The van der Waals surface area contributed by atoms with E-state index in [-0.39, 0.29) is 24.3 Å². The number of carbonyl (C=O) groups excluding carboxylic acids is 2. The lowest BCUT2D eigenvalue weighted by molar-refractivity contribution is -0.147. The molecule has 1 amide bonds. The Hall–Kier alpha value is -2.45. The molecule has 0 bridgehead atoms. The molecule has 1 aromatic carbocycles. The van der Waals surface area contributed by atoms with Crippen molar-refractivity contribution >= 4 is 17.7 Å². The van der Waals surface area contributed by atoms with Gasteiger partial charge in [-0.25, -0.2) is 0 Å². The zero-order valence-corrected chi connectivity index (χ0v) is 15.9. The number of benzene rings is 1. The van der Waals surface area contributed by atoms with Gasteiger partial charge in [-0.15, -0.1) is 0 Å². The highest BCUT2D eigenvalue weighted by atomic mass is 16.5. The molecule has 1 saturated heterocycles. The lowest BCUT2D eigenvalue weighted by Gasteiger charge is -2.35. The van der Waals surface area contributed by atoms with Crippen LogP contribution in [0.5, 0.6) is 5.75 Å². The molecule has 1 aromatic rings. The summed E-state index contributed by atoms with van der Waals surface area (Å²) in [5, 5.41) is 8.84. The van der Waals surface area contributed by atoms with Crippen molar-refractivity contribution in [3.05, 3.63) is 29.8 Å². The van der Waals surface area contributed by atoms with Crippen LogP contribution in [0.4, 0.5) is 0 Å². The number of aliphatic carboxylic acids is 1. The van der Waals surface area contributed by atoms with Crippen molar-refractivity contribution in [1.29, 1.82) is 0 Å². The van der Waals surface area contributed by atoms with Crippen LogP contribution >= 0.6 is 0 Å². The van der Waals surface area contributed by atoms with Gasteiger partial charge in [-0.1, -0.05) is 12.1 Å². The minimum atomic E-state index is -0.906. The van der Waals surface area contributed by atoms with Gasteiger partial charge in [0.2, 0.25) is 0 Å². The van der Waals surface area contributed by atoms with E-state index in [1.165, 1.54) is 6.92 Å². The van der Waals surface area contributed by atoms with Gasteiger partial charge in [-0.05, 0) is 33.0 Å². The fourth-order valence-electron chi connectivity index (χ4n) is 2.97. The van der Waals surface area contributed by atoms with Gasteiger partial charge in [-0.2, -0.15) is 0 Å². The molecule has 2 unspecified atom stereocenters. The maximum absolute atomic E-state index is 12.7. The Morgan fingerprint density at radius 1 is 1.41 bits per heavy atom. The van der Waals surface area contributed by atoms with E-state index in [0.717, 1.165) is 0 Å². The number of hydrogen-bond donors (Lipinski definition) is 1. The second kappa shape index (κ2) is 9.48. The number of Topliss-reactive ketones (excluding diaryl/α,β-unsaturated/α-hetero) is 1. The number of rotatable bonds is 8. The van der Waals surface area contributed by atoms with Gasteiger partial charge in [0, 0.05) is 25.2 Å². The van der Waals surface area contributed by atoms with Crippen molar-refractivity contribution < 1.29 is 29.0 Å². The first kappa shape index (κ1) is 20.9. The summed E-state index contributed by atoms with van der Waals surface area (Å²) in [6.45, 7) is 4.71. The number of hydrogen-bond acceptors (Lipinski definition) is 6. The predicted molar refractivity (Wildman–Crippen MR) is 98.0 cm³/mol. The van der Waals surface area contributed by atoms with Gasteiger partial charge in [0.05, 0.1) is 19.3 Å². The number of morpholine rings is 1. The monoisotopic (exact) mass is 378 g/mol. The van der Waals surface area contributed by atoms with E-state index in [1.54, 1.807) is 48.0 Å². The molecule has 8 nitrogen and oxygen atoms in total. The van der Waals surface area contributed by atoms with Gasteiger partial charge in [0.25, 0.3) is 5.91 Å². The molecule has 1 fully saturated rings. The van der Waals surface area contributed by atoms with Crippen LogP contribution in [-0.4, -0.2) is 84.6 Å². The highest BCUT2D eigenvalue weighted by molar-refractivity contribution is 5.94. The molecule has 1 aliphatic heterocycles. The number of ether oxygens (including phenoxy) is 2. The number of carboxylic acid groups (broad SMARTS) is 1. The molecule has 0 aliphatic carbocycles. The molecule has 1 heterocycles. The Morgan fingerprint density at radius 3 is 2.81 bits per heavy atom. The Balaban J connectivity index is 1.92. The molecule has 148 valence electrons. The van der Waals surface area contributed by atoms with Crippen LogP contribution in [0.3, 0.4) is 0 Å². The third-order valence-corrected chi connectivity index (χ3v) is 4.27. The number of carbonyl (C=O) groups is 3. The fraction of sp³-hybridized carbons (Fsp3) is 0.526. The fourth-order valence-corrected chi connectivity index (χ4v) is 2.97. The topological polar surface area (TPSA) is 96.4 Å². The summed E-state index contributed by atoms with van der Waals surface area (Å²) >= 11 is 0. The van der Waals surface area contributed by atoms with Crippen molar-refractivity contribution in [2.75, 3.05) is 39.8 Å². The molecular weight excluding hydrogens is 352 g/mol. The summed E-state index contributed by atoms with van der Waals surface area (Å²) in [6, 6.07) is 6.74. The van der Waals surface area contributed by atoms with Gasteiger partial charge in [0.1, 0.15) is 5.75 Å². The molecule has 8 heteroatoms. The largest absolute Gasteiger partial charge is 0.481 e. The Morgan fingerprint density at radius 2 is 2.15 bits per heavy atom. The third kappa shape index (κ3) is 6.33. The van der Waals surface area contributed by atoms with Gasteiger partial charge in [-0.3, -0.25) is 19.3 Å². The second-order valence-corrected chi connectivity index (χ2v) is 6.71. The first-order chi connectivity index (χ1) is 12.8. The van der Waals surface area contributed by atoms with E-state index < -0.39 is 12.1 Å². The van der Waals surface area contributed by atoms with Crippen LogP contribution in [0.2, 0.25) is 0 Å². The van der Waals surface area contributed by atoms with Crippen LogP contribution in [0.1, 0.15) is 24.2 Å². The van der Waals surface area contributed by atoms with Crippen molar-refractivity contribution in [2.45, 2.75) is 26.1 Å². The molecule has 1 aliphatic rings. The van der Waals surface area contributed by atoms with E-state index in [4.69, 9.17) is 14.6 Å². The number of carboxylic acids is 1. The van der Waals surface area contributed by atoms with Crippen LogP contribution < -0.4 is 4.74 Å². The number of ketones is 1. The van der Waals surface area contributed by atoms with Crippen molar-refractivity contribution in [1.82, 2.24) is 9.80 Å².